The van der Waals surface area contributed by atoms with Gasteiger partial charge in [-0.05, 0) is 35.9 Å². The second-order valence-corrected chi connectivity index (χ2v) is 4.99. The molecule has 0 amide bonds. The summed E-state index contributed by atoms with van der Waals surface area (Å²) in [5.74, 6) is -0.368. The van der Waals surface area contributed by atoms with Crippen LogP contribution in [0.4, 0.5) is 5.69 Å². The molecule has 2 aromatic rings. The lowest BCUT2D eigenvalue weighted by Gasteiger charge is -2.10. The molecule has 0 aliphatic heterocycles. The number of aromatic carboxylic acids is 1. The highest BCUT2D eigenvalue weighted by molar-refractivity contribution is 6.30. The number of hydrogen-bond acceptors (Lipinski definition) is 3. The van der Waals surface area contributed by atoms with Crippen LogP contribution in [-0.4, -0.2) is 24.7 Å². The van der Waals surface area contributed by atoms with Crippen molar-refractivity contribution in [3.8, 4) is 5.75 Å². The number of anilines is 1. The van der Waals surface area contributed by atoms with E-state index in [1.807, 2.05) is 36.4 Å². The van der Waals surface area contributed by atoms with E-state index in [1.165, 1.54) is 6.07 Å². The third kappa shape index (κ3) is 4.27. The van der Waals surface area contributed by atoms with E-state index in [4.69, 9.17) is 21.4 Å². The Morgan fingerprint density at radius 1 is 1.27 bits per heavy atom. The van der Waals surface area contributed by atoms with Crippen LogP contribution in [0.3, 0.4) is 0 Å². The summed E-state index contributed by atoms with van der Waals surface area (Å²) in [6.07, 6.45) is 3.90. The molecule has 0 heterocycles. The maximum Gasteiger partial charge on any atom is 0.335 e. The van der Waals surface area contributed by atoms with E-state index < -0.39 is 5.97 Å². The Hall–Kier alpha value is -2.46. The van der Waals surface area contributed by atoms with Crippen molar-refractivity contribution in [1.29, 1.82) is 0 Å². The number of hydrogen-bond donors (Lipinski definition) is 2. The molecule has 0 bridgehead atoms. The Kier molecular flexibility index (Phi) is 5.44. The normalized spacial score (nSPS) is 10.6. The van der Waals surface area contributed by atoms with Gasteiger partial charge in [-0.3, -0.25) is 0 Å². The van der Waals surface area contributed by atoms with Gasteiger partial charge in [0.1, 0.15) is 5.75 Å². The Morgan fingerprint density at radius 3 is 2.64 bits per heavy atom. The number of benzene rings is 2. The smallest absolute Gasteiger partial charge is 0.335 e. The molecule has 0 saturated heterocycles. The third-order valence-corrected chi connectivity index (χ3v) is 3.29. The van der Waals surface area contributed by atoms with Crippen LogP contribution in [0.1, 0.15) is 15.9 Å². The zero-order valence-corrected chi connectivity index (χ0v) is 12.8. The fraction of sp³-hybridized carbons (Fsp3) is 0.118. The summed E-state index contributed by atoms with van der Waals surface area (Å²) in [6, 6.07) is 12.2. The molecule has 0 spiro atoms. The van der Waals surface area contributed by atoms with Crippen molar-refractivity contribution in [3.05, 3.63) is 64.7 Å². The van der Waals surface area contributed by atoms with Crippen LogP contribution < -0.4 is 10.1 Å². The van der Waals surface area contributed by atoms with Gasteiger partial charge >= 0.3 is 5.97 Å². The van der Waals surface area contributed by atoms with Crippen molar-refractivity contribution < 1.29 is 14.6 Å². The topological polar surface area (TPSA) is 58.6 Å². The molecule has 22 heavy (non-hydrogen) atoms. The van der Waals surface area contributed by atoms with Crippen LogP contribution in [0.5, 0.6) is 5.75 Å². The summed E-state index contributed by atoms with van der Waals surface area (Å²) >= 11 is 5.83. The number of carboxylic acid groups (broad SMARTS) is 1. The lowest BCUT2D eigenvalue weighted by atomic mass is 10.2. The van der Waals surface area contributed by atoms with Gasteiger partial charge in [-0.15, -0.1) is 0 Å². The fourth-order valence-corrected chi connectivity index (χ4v) is 2.04. The molecule has 0 atom stereocenters. The summed E-state index contributed by atoms with van der Waals surface area (Å²) in [5, 5.41) is 12.9. The second-order valence-electron chi connectivity index (χ2n) is 4.56. The first kappa shape index (κ1) is 15.9. The molecule has 5 heteroatoms. The predicted molar refractivity (Wildman–Crippen MR) is 88.9 cm³/mol. The van der Waals surface area contributed by atoms with Gasteiger partial charge in [0.15, 0.2) is 0 Å². The third-order valence-electron chi connectivity index (χ3n) is 3.04. The van der Waals surface area contributed by atoms with Crippen molar-refractivity contribution in [2.24, 2.45) is 0 Å². The molecule has 0 radical (unpaired) electrons. The summed E-state index contributed by atoms with van der Waals surface area (Å²) < 4.78 is 5.21. The number of carbonyl (C=O) groups is 1. The lowest BCUT2D eigenvalue weighted by molar-refractivity contribution is 0.0697. The zero-order valence-electron chi connectivity index (χ0n) is 12.0. The SMILES string of the molecule is COc1ccc(C(=O)O)cc1NCC=Cc1ccc(Cl)cc1. The number of ether oxygens (including phenoxy) is 1. The minimum Gasteiger partial charge on any atom is -0.495 e. The minimum absolute atomic E-state index is 0.213. The molecule has 114 valence electrons. The molecular weight excluding hydrogens is 302 g/mol. The largest absolute Gasteiger partial charge is 0.495 e. The average Bonchev–Trinajstić information content (AvgIpc) is 2.53. The molecule has 2 N–H and O–H groups in total. The van der Waals surface area contributed by atoms with Gasteiger partial charge in [-0.1, -0.05) is 35.9 Å². The van der Waals surface area contributed by atoms with Gasteiger partial charge in [0.25, 0.3) is 0 Å². The van der Waals surface area contributed by atoms with E-state index in [9.17, 15) is 4.79 Å². The lowest BCUT2D eigenvalue weighted by Crippen LogP contribution is -2.03. The van der Waals surface area contributed by atoms with Crippen LogP contribution in [0, 0.1) is 0 Å². The van der Waals surface area contributed by atoms with Crippen LogP contribution in [0.2, 0.25) is 5.02 Å². The molecular formula is C17H16ClNO3. The first-order chi connectivity index (χ1) is 10.6. The van der Waals surface area contributed by atoms with Crippen LogP contribution in [-0.2, 0) is 0 Å². The molecule has 0 aliphatic carbocycles. The quantitative estimate of drug-likeness (QED) is 0.839. The first-order valence-electron chi connectivity index (χ1n) is 6.67. The first-order valence-corrected chi connectivity index (χ1v) is 7.05. The molecule has 0 aromatic heterocycles. The number of nitrogens with one attached hydrogen (secondary N) is 1. The van der Waals surface area contributed by atoms with Crippen LogP contribution in [0.15, 0.2) is 48.5 Å². The standard InChI is InChI=1S/C17H16ClNO3/c1-22-16-9-6-13(17(20)21)11-15(16)19-10-2-3-12-4-7-14(18)8-5-12/h2-9,11,19H,10H2,1H3,(H,20,21). The highest BCUT2D eigenvalue weighted by atomic mass is 35.5. The molecule has 2 aromatic carbocycles. The summed E-state index contributed by atoms with van der Waals surface area (Å²) in [6.45, 7) is 0.544. The summed E-state index contributed by atoms with van der Waals surface area (Å²) in [4.78, 5) is 11.0. The molecule has 4 nitrogen and oxygen atoms in total. The summed E-state index contributed by atoms with van der Waals surface area (Å²) in [7, 11) is 1.55. The number of methoxy groups -OCH3 is 1. The van der Waals surface area contributed by atoms with Crippen molar-refractivity contribution >= 4 is 29.3 Å². The minimum atomic E-state index is -0.970. The van der Waals surface area contributed by atoms with Crippen molar-refractivity contribution in [2.45, 2.75) is 0 Å². The molecule has 2 rings (SSSR count). The van der Waals surface area contributed by atoms with Gasteiger partial charge in [0, 0.05) is 11.6 Å². The highest BCUT2D eigenvalue weighted by Crippen LogP contribution is 2.25. The van der Waals surface area contributed by atoms with E-state index in [0.29, 0.717) is 23.0 Å². The van der Waals surface area contributed by atoms with E-state index in [0.717, 1.165) is 5.56 Å². The Labute approximate surface area is 134 Å². The van der Waals surface area contributed by atoms with Crippen LogP contribution in [0.25, 0.3) is 6.08 Å². The van der Waals surface area contributed by atoms with Gasteiger partial charge in [-0.25, -0.2) is 4.79 Å². The highest BCUT2D eigenvalue weighted by Gasteiger charge is 2.07. The van der Waals surface area contributed by atoms with Gasteiger partial charge in [-0.2, -0.15) is 0 Å². The predicted octanol–water partition coefficient (Wildman–Crippen LogP) is 4.17. The van der Waals surface area contributed by atoms with Crippen molar-refractivity contribution in [2.75, 3.05) is 19.0 Å². The Balaban J connectivity index is 2.02. The van der Waals surface area contributed by atoms with Gasteiger partial charge in [0.05, 0.1) is 18.4 Å². The van der Waals surface area contributed by atoms with E-state index in [-0.39, 0.29) is 5.56 Å². The average molecular weight is 318 g/mol. The van der Waals surface area contributed by atoms with E-state index in [1.54, 1.807) is 19.2 Å². The van der Waals surface area contributed by atoms with E-state index in [2.05, 4.69) is 5.32 Å². The molecule has 0 fully saturated rings. The maximum absolute atomic E-state index is 11.0. The second kappa shape index (κ2) is 7.52. The fourth-order valence-electron chi connectivity index (χ4n) is 1.92. The molecule has 0 unspecified atom stereocenters. The van der Waals surface area contributed by atoms with Gasteiger partial charge in [0.2, 0.25) is 0 Å². The van der Waals surface area contributed by atoms with Crippen molar-refractivity contribution in [3.63, 3.8) is 0 Å². The molecule has 0 aliphatic rings. The zero-order chi connectivity index (χ0) is 15.9. The van der Waals surface area contributed by atoms with Crippen molar-refractivity contribution in [1.82, 2.24) is 0 Å². The summed E-state index contributed by atoms with van der Waals surface area (Å²) in [5.41, 5.74) is 1.89. The Morgan fingerprint density at radius 2 is 2.00 bits per heavy atom. The van der Waals surface area contributed by atoms with Crippen LogP contribution >= 0.6 is 11.6 Å². The number of rotatable bonds is 6. The monoisotopic (exact) mass is 317 g/mol. The van der Waals surface area contributed by atoms with Gasteiger partial charge < -0.3 is 15.2 Å². The maximum atomic E-state index is 11.0. The molecule has 0 saturated carbocycles. The van der Waals surface area contributed by atoms with E-state index >= 15 is 0 Å². The number of halogens is 1. The Bertz CT molecular complexity index is 681. The number of carboxylic acids is 1.